The van der Waals surface area contributed by atoms with Crippen molar-refractivity contribution < 1.29 is 14.8 Å². The molecule has 20 heavy (non-hydrogen) atoms. The van der Waals surface area contributed by atoms with Gasteiger partial charge in [-0.1, -0.05) is 13.3 Å². The highest BCUT2D eigenvalue weighted by Crippen LogP contribution is 2.30. The molecule has 6 nitrogen and oxygen atoms in total. The van der Waals surface area contributed by atoms with E-state index in [4.69, 9.17) is 0 Å². The van der Waals surface area contributed by atoms with Gasteiger partial charge in [-0.25, -0.2) is 4.79 Å². The fourth-order valence-electron chi connectivity index (χ4n) is 2.70. The van der Waals surface area contributed by atoms with Crippen molar-refractivity contribution in [3.8, 4) is 0 Å². The van der Waals surface area contributed by atoms with Gasteiger partial charge in [0.1, 0.15) is 0 Å². The molecule has 1 aliphatic heterocycles. The molecule has 1 saturated heterocycles. The lowest BCUT2D eigenvalue weighted by atomic mass is 9.94. The SMILES string of the molecule is CCC1CCCN(c2ccc([N+](=O)[O-])cc2C(=O)O)C1. The average molecular weight is 278 g/mol. The van der Waals surface area contributed by atoms with E-state index >= 15 is 0 Å². The zero-order chi connectivity index (χ0) is 14.7. The summed E-state index contributed by atoms with van der Waals surface area (Å²) in [5.41, 5.74) is 0.410. The van der Waals surface area contributed by atoms with Gasteiger partial charge in [0, 0.05) is 25.2 Å². The Morgan fingerprint density at radius 2 is 2.30 bits per heavy atom. The molecule has 1 aliphatic rings. The first kappa shape index (κ1) is 14.3. The summed E-state index contributed by atoms with van der Waals surface area (Å²) in [5, 5.41) is 20.0. The number of anilines is 1. The minimum atomic E-state index is -1.12. The van der Waals surface area contributed by atoms with Gasteiger partial charge in [-0.2, -0.15) is 0 Å². The Kier molecular flexibility index (Phi) is 4.22. The molecular formula is C14H18N2O4. The van der Waals surface area contributed by atoms with Crippen LogP contribution in [0.3, 0.4) is 0 Å². The molecule has 0 saturated carbocycles. The maximum atomic E-state index is 11.3. The molecule has 0 aromatic heterocycles. The van der Waals surface area contributed by atoms with Crippen LogP contribution in [0.2, 0.25) is 0 Å². The summed E-state index contributed by atoms with van der Waals surface area (Å²) in [6.45, 7) is 3.74. The van der Waals surface area contributed by atoms with Gasteiger partial charge in [0.25, 0.3) is 5.69 Å². The molecule has 0 bridgehead atoms. The van der Waals surface area contributed by atoms with E-state index in [1.165, 1.54) is 6.07 Å². The van der Waals surface area contributed by atoms with Gasteiger partial charge in [0.15, 0.2) is 0 Å². The van der Waals surface area contributed by atoms with Crippen LogP contribution >= 0.6 is 0 Å². The Balaban J connectivity index is 2.35. The number of carboxylic acids is 1. The Hall–Kier alpha value is -2.11. The summed E-state index contributed by atoms with van der Waals surface area (Å²) in [6, 6.07) is 4.07. The molecule has 0 amide bonds. The first-order valence-electron chi connectivity index (χ1n) is 6.79. The standard InChI is InChI=1S/C14H18N2O4/c1-2-10-4-3-7-15(9-10)13-6-5-11(16(19)20)8-12(13)14(17)18/h5-6,8,10H,2-4,7,9H2,1H3,(H,17,18). The van der Waals surface area contributed by atoms with Crippen molar-refractivity contribution in [2.24, 2.45) is 5.92 Å². The molecule has 1 aromatic carbocycles. The molecule has 2 rings (SSSR count). The highest BCUT2D eigenvalue weighted by molar-refractivity contribution is 5.95. The van der Waals surface area contributed by atoms with Gasteiger partial charge in [-0.15, -0.1) is 0 Å². The molecule has 1 N–H and O–H groups in total. The molecule has 0 aliphatic carbocycles. The second kappa shape index (κ2) is 5.90. The number of nitrogens with zero attached hydrogens (tertiary/aromatic N) is 2. The molecule has 1 heterocycles. The zero-order valence-corrected chi connectivity index (χ0v) is 11.4. The lowest BCUT2D eigenvalue weighted by Gasteiger charge is -2.34. The van der Waals surface area contributed by atoms with Gasteiger partial charge in [-0.05, 0) is 24.8 Å². The first-order valence-corrected chi connectivity index (χ1v) is 6.79. The summed E-state index contributed by atoms with van der Waals surface area (Å²) in [4.78, 5) is 23.6. The third-order valence-electron chi connectivity index (χ3n) is 3.86. The van der Waals surface area contributed by atoms with Gasteiger partial charge >= 0.3 is 5.97 Å². The number of hydrogen-bond donors (Lipinski definition) is 1. The average Bonchev–Trinajstić information content (AvgIpc) is 2.46. The third kappa shape index (κ3) is 2.89. The number of carbonyl (C=O) groups is 1. The number of piperidine rings is 1. The van der Waals surface area contributed by atoms with Crippen LogP contribution in [0.25, 0.3) is 0 Å². The van der Waals surface area contributed by atoms with Crippen molar-refractivity contribution in [1.29, 1.82) is 0 Å². The van der Waals surface area contributed by atoms with Crippen LogP contribution in [0, 0.1) is 16.0 Å². The molecule has 0 radical (unpaired) electrons. The summed E-state index contributed by atoms with van der Waals surface area (Å²) < 4.78 is 0. The van der Waals surface area contributed by atoms with Crippen LogP contribution in [-0.4, -0.2) is 29.1 Å². The maximum Gasteiger partial charge on any atom is 0.338 e. The Morgan fingerprint density at radius 3 is 2.90 bits per heavy atom. The van der Waals surface area contributed by atoms with Crippen molar-refractivity contribution in [2.75, 3.05) is 18.0 Å². The Labute approximate surface area is 117 Å². The summed E-state index contributed by atoms with van der Waals surface area (Å²) in [5.74, 6) is -0.567. The van der Waals surface area contributed by atoms with Crippen molar-refractivity contribution >= 4 is 17.3 Å². The summed E-state index contributed by atoms with van der Waals surface area (Å²) in [6.07, 6.45) is 3.24. The molecule has 1 fully saturated rings. The Bertz CT molecular complexity index is 530. The number of non-ortho nitro benzene ring substituents is 1. The van der Waals surface area contributed by atoms with Gasteiger partial charge in [-0.3, -0.25) is 10.1 Å². The molecule has 1 atom stereocenters. The number of nitro groups is 1. The van der Waals surface area contributed by atoms with Crippen LogP contribution in [-0.2, 0) is 0 Å². The quantitative estimate of drug-likeness (QED) is 0.676. The van der Waals surface area contributed by atoms with Crippen molar-refractivity contribution in [3.63, 3.8) is 0 Å². The van der Waals surface area contributed by atoms with E-state index in [1.54, 1.807) is 6.07 Å². The van der Waals surface area contributed by atoms with Crippen LogP contribution in [0.15, 0.2) is 18.2 Å². The minimum absolute atomic E-state index is 0.0101. The second-order valence-electron chi connectivity index (χ2n) is 5.13. The van der Waals surface area contributed by atoms with E-state index in [2.05, 4.69) is 6.92 Å². The van der Waals surface area contributed by atoms with Crippen molar-refractivity contribution in [2.45, 2.75) is 26.2 Å². The molecular weight excluding hydrogens is 260 g/mol. The van der Waals surface area contributed by atoms with Crippen molar-refractivity contribution in [1.82, 2.24) is 0 Å². The van der Waals surface area contributed by atoms with E-state index in [1.807, 2.05) is 4.90 Å². The lowest BCUT2D eigenvalue weighted by molar-refractivity contribution is -0.384. The van der Waals surface area contributed by atoms with E-state index in [-0.39, 0.29) is 11.3 Å². The molecule has 1 unspecified atom stereocenters. The minimum Gasteiger partial charge on any atom is -0.478 e. The number of benzene rings is 1. The first-order chi connectivity index (χ1) is 9.52. The molecule has 0 spiro atoms. The topological polar surface area (TPSA) is 83.7 Å². The van der Waals surface area contributed by atoms with Gasteiger partial charge < -0.3 is 10.0 Å². The van der Waals surface area contributed by atoms with Crippen LogP contribution in [0.5, 0.6) is 0 Å². The third-order valence-corrected chi connectivity index (χ3v) is 3.86. The predicted octanol–water partition coefficient (Wildman–Crippen LogP) is 2.92. The maximum absolute atomic E-state index is 11.3. The number of nitro benzene ring substituents is 1. The normalized spacial score (nSPS) is 18.9. The van der Waals surface area contributed by atoms with Crippen molar-refractivity contribution in [3.05, 3.63) is 33.9 Å². The molecule has 1 aromatic rings. The summed E-state index contributed by atoms with van der Waals surface area (Å²) in [7, 11) is 0. The zero-order valence-electron chi connectivity index (χ0n) is 11.4. The largest absolute Gasteiger partial charge is 0.478 e. The fraction of sp³-hybridized carbons (Fsp3) is 0.500. The monoisotopic (exact) mass is 278 g/mol. The highest BCUT2D eigenvalue weighted by Gasteiger charge is 2.24. The van der Waals surface area contributed by atoms with E-state index in [0.717, 1.165) is 38.4 Å². The highest BCUT2D eigenvalue weighted by atomic mass is 16.6. The summed E-state index contributed by atoms with van der Waals surface area (Å²) >= 11 is 0. The number of aromatic carboxylic acids is 1. The predicted molar refractivity (Wildman–Crippen MR) is 75.3 cm³/mol. The van der Waals surface area contributed by atoms with E-state index < -0.39 is 10.9 Å². The smallest absolute Gasteiger partial charge is 0.338 e. The molecule has 6 heteroatoms. The van der Waals surface area contributed by atoms with E-state index in [0.29, 0.717) is 11.6 Å². The van der Waals surface area contributed by atoms with Crippen LogP contribution < -0.4 is 4.90 Å². The van der Waals surface area contributed by atoms with Gasteiger partial charge in [0.2, 0.25) is 0 Å². The van der Waals surface area contributed by atoms with Crippen LogP contribution in [0.1, 0.15) is 36.5 Å². The molecule has 108 valence electrons. The second-order valence-corrected chi connectivity index (χ2v) is 5.13. The van der Waals surface area contributed by atoms with E-state index in [9.17, 15) is 20.0 Å². The van der Waals surface area contributed by atoms with Crippen LogP contribution in [0.4, 0.5) is 11.4 Å². The lowest BCUT2D eigenvalue weighted by Crippen LogP contribution is -2.36. The fourth-order valence-corrected chi connectivity index (χ4v) is 2.70. The van der Waals surface area contributed by atoms with Gasteiger partial charge in [0.05, 0.1) is 16.2 Å². The number of carboxylic acid groups (broad SMARTS) is 1. The Morgan fingerprint density at radius 1 is 1.55 bits per heavy atom. The number of rotatable bonds is 4. The number of hydrogen-bond acceptors (Lipinski definition) is 4.